The maximum Gasteiger partial charge on any atom is 0.254 e. The van der Waals surface area contributed by atoms with Gasteiger partial charge in [-0.05, 0) is 44.4 Å². The van der Waals surface area contributed by atoms with Crippen molar-refractivity contribution >= 4 is 26.8 Å². The Hall–Kier alpha value is -2.81. The van der Waals surface area contributed by atoms with E-state index in [0.717, 1.165) is 25.7 Å². The highest BCUT2D eigenvalue weighted by atomic mass is 32.2. The van der Waals surface area contributed by atoms with Gasteiger partial charge in [0.05, 0.1) is 39.9 Å². The number of halogens is 1. The molecular formula is C25H29FN4O3S. The van der Waals surface area contributed by atoms with Crippen molar-refractivity contribution in [2.24, 2.45) is 0 Å². The summed E-state index contributed by atoms with van der Waals surface area (Å²) in [6.07, 6.45) is 5.76. The lowest BCUT2D eigenvalue weighted by Crippen LogP contribution is -2.38. The van der Waals surface area contributed by atoms with E-state index in [0.29, 0.717) is 40.0 Å². The van der Waals surface area contributed by atoms with E-state index in [2.05, 4.69) is 5.10 Å². The van der Waals surface area contributed by atoms with Gasteiger partial charge in [-0.3, -0.25) is 4.79 Å². The van der Waals surface area contributed by atoms with Gasteiger partial charge in [0.1, 0.15) is 5.82 Å². The maximum atomic E-state index is 14.7. The van der Waals surface area contributed by atoms with Crippen molar-refractivity contribution in [1.29, 1.82) is 0 Å². The summed E-state index contributed by atoms with van der Waals surface area (Å²) in [6, 6.07) is 7.80. The molecule has 1 saturated heterocycles. The normalized spacial score (nSPS) is 20.6. The van der Waals surface area contributed by atoms with Crippen LogP contribution in [0.3, 0.4) is 0 Å². The number of amides is 1. The van der Waals surface area contributed by atoms with Crippen molar-refractivity contribution < 1.29 is 17.6 Å². The van der Waals surface area contributed by atoms with Gasteiger partial charge in [-0.2, -0.15) is 5.10 Å². The number of pyridine rings is 1. The van der Waals surface area contributed by atoms with Crippen molar-refractivity contribution in [1.82, 2.24) is 19.7 Å². The number of aryl methyl sites for hydroxylation is 1. The number of hydrogen-bond donors (Lipinski definition) is 0. The first kappa shape index (κ1) is 23.0. The van der Waals surface area contributed by atoms with E-state index in [4.69, 9.17) is 4.98 Å². The number of aromatic nitrogens is 3. The van der Waals surface area contributed by atoms with Gasteiger partial charge in [0.25, 0.3) is 5.91 Å². The lowest BCUT2D eigenvalue weighted by atomic mass is 9.94. The van der Waals surface area contributed by atoms with Gasteiger partial charge in [-0.1, -0.05) is 31.4 Å². The molecule has 1 saturated carbocycles. The molecule has 1 unspecified atom stereocenters. The first-order valence-corrected chi connectivity index (χ1v) is 13.7. The van der Waals surface area contributed by atoms with E-state index in [1.807, 2.05) is 14.0 Å². The summed E-state index contributed by atoms with van der Waals surface area (Å²) in [7, 11) is -1.32. The van der Waals surface area contributed by atoms with Crippen LogP contribution in [0.15, 0.2) is 30.3 Å². The van der Waals surface area contributed by atoms with Gasteiger partial charge in [-0.25, -0.2) is 22.5 Å². The van der Waals surface area contributed by atoms with E-state index in [1.165, 1.54) is 12.5 Å². The molecule has 1 atom stereocenters. The molecule has 0 bridgehead atoms. The van der Waals surface area contributed by atoms with E-state index >= 15 is 0 Å². The molecule has 1 amide bonds. The molecule has 9 heteroatoms. The SMILES string of the molecule is Cc1nn(C2CCS(=O)(=O)C2)c2nc(-c3ccccc3F)cc(C(=O)N(C)C3CCCCC3)c12. The summed E-state index contributed by atoms with van der Waals surface area (Å²) >= 11 is 0. The number of carbonyl (C=O) groups excluding carboxylic acids is 1. The summed E-state index contributed by atoms with van der Waals surface area (Å²) in [5, 5.41) is 5.24. The maximum absolute atomic E-state index is 14.7. The average molecular weight is 485 g/mol. The third-order valence-electron chi connectivity index (χ3n) is 7.21. The first-order chi connectivity index (χ1) is 16.2. The molecule has 2 aromatic heterocycles. The van der Waals surface area contributed by atoms with Crippen molar-refractivity contribution in [3.63, 3.8) is 0 Å². The molecule has 1 aromatic carbocycles. The zero-order chi connectivity index (χ0) is 24.0. The van der Waals surface area contributed by atoms with Crippen LogP contribution in [0.2, 0.25) is 0 Å². The summed E-state index contributed by atoms with van der Waals surface area (Å²) < 4.78 is 40.7. The molecule has 3 heterocycles. The van der Waals surface area contributed by atoms with Gasteiger partial charge >= 0.3 is 0 Å². The van der Waals surface area contributed by atoms with Crippen LogP contribution in [0.5, 0.6) is 0 Å². The molecular weight excluding hydrogens is 455 g/mol. The minimum atomic E-state index is -3.15. The summed E-state index contributed by atoms with van der Waals surface area (Å²) in [4.78, 5) is 20.3. The Morgan fingerprint density at radius 3 is 2.56 bits per heavy atom. The third-order valence-corrected chi connectivity index (χ3v) is 8.96. The molecule has 5 rings (SSSR count). The molecule has 3 aromatic rings. The zero-order valence-corrected chi connectivity index (χ0v) is 20.3. The minimum Gasteiger partial charge on any atom is -0.339 e. The van der Waals surface area contributed by atoms with Crippen molar-refractivity contribution in [3.8, 4) is 11.3 Å². The fraction of sp³-hybridized carbons (Fsp3) is 0.480. The predicted molar refractivity (Wildman–Crippen MR) is 129 cm³/mol. The Bertz CT molecular complexity index is 1360. The Labute approximate surface area is 198 Å². The van der Waals surface area contributed by atoms with Crippen LogP contribution in [0.1, 0.15) is 60.6 Å². The van der Waals surface area contributed by atoms with Crippen molar-refractivity contribution in [2.45, 2.75) is 57.5 Å². The molecule has 0 radical (unpaired) electrons. The van der Waals surface area contributed by atoms with Crippen LogP contribution >= 0.6 is 0 Å². The lowest BCUT2D eigenvalue weighted by Gasteiger charge is -2.31. The molecule has 7 nitrogen and oxygen atoms in total. The zero-order valence-electron chi connectivity index (χ0n) is 19.5. The number of benzene rings is 1. The standard InChI is InChI=1S/C25H29FN4O3S/c1-16-23-20(25(31)29(2)17-8-4-3-5-9-17)14-22(19-10-6-7-11-21(19)26)27-24(23)30(28-16)18-12-13-34(32,33)15-18/h6-7,10-11,14,17-18H,3-5,8-9,12-13,15H2,1-2H3. The second-order valence-corrected chi connectivity index (χ2v) is 11.8. The average Bonchev–Trinajstić information content (AvgIpc) is 3.37. The summed E-state index contributed by atoms with van der Waals surface area (Å²) in [5.74, 6) is -0.486. The summed E-state index contributed by atoms with van der Waals surface area (Å²) in [6.45, 7) is 1.81. The number of sulfone groups is 1. The van der Waals surface area contributed by atoms with E-state index in [-0.39, 0.29) is 29.5 Å². The Morgan fingerprint density at radius 2 is 1.88 bits per heavy atom. The van der Waals surface area contributed by atoms with Crippen molar-refractivity contribution in [2.75, 3.05) is 18.6 Å². The van der Waals surface area contributed by atoms with Gasteiger partial charge in [0.15, 0.2) is 15.5 Å². The van der Waals surface area contributed by atoms with Crippen LogP contribution in [0.25, 0.3) is 22.3 Å². The van der Waals surface area contributed by atoms with E-state index in [9.17, 15) is 17.6 Å². The molecule has 0 N–H and O–H groups in total. The molecule has 34 heavy (non-hydrogen) atoms. The van der Waals surface area contributed by atoms with Crippen LogP contribution in [0.4, 0.5) is 4.39 Å². The van der Waals surface area contributed by atoms with Crippen LogP contribution < -0.4 is 0 Å². The van der Waals surface area contributed by atoms with Gasteiger partial charge in [0.2, 0.25) is 0 Å². The molecule has 180 valence electrons. The fourth-order valence-corrected chi connectivity index (χ4v) is 7.03. The lowest BCUT2D eigenvalue weighted by molar-refractivity contribution is 0.0698. The highest BCUT2D eigenvalue weighted by molar-refractivity contribution is 7.91. The molecule has 1 aliphatic carbocycles. The topological polar surface area (TPSA) is 85.2 Å². The number of nitrogens with zero attached hydrogens (tertiary/aromatic N) is 4. The number of hydrogen-bond acceptors (Lipinski definition) is 5. The van der Waals surface area contributed by atoms with Crippen LogP contribution in [0, 0.1) is 12.7 Å². The minimum absolute atomic E-state index is 0.0138. The third kappa shape index (κ3) is 4.10. The van der Waals surface area contributed by atoms with Gasteiger partial charge < -0.3 is 4.90 Å². The van der Waals surface area contributed by atoms with Crippen LogP contribution in [-0.4, -0.2) is 58.6 Å². The smallest absolute Gasteiger partial charge is 0.254 e. The largest absolute Gasteiger partial charge is 0.339 e. The Morgan fingerprint density at radius 1 is 1.15 bits per heavy atom. The first-order valence-electron chi connectivity index (χ1n) is 11.9. The molecule has 2 aliphatic rings. The number of rotatable bonds is 4. The molecule has 2 fully saturated rings. The summed E-state index contributed by atoms with van der Waals surface area (Å²) in [5.41, 5.74) is 2.12. The molecule has 1 aliphatic heterocycles. The Balaban J connectivity index is 1.69. The second kappa shape index (κ2) is 8.76. The number of carbonyl (C=O) groups is 1. The monoisotopic (exact) mass is 484 g/mol. The highest BCUT2D eigenvalue weighted by Crippen LogP contribution is 2.34. The second-order valence-electron chi connectivity index (χ2n) is 9.53. The van der Waals surface area contributed by atoms with Gasteiger partial charge in [0, 0.05) is 18.7 Å². The van der Waals surface area contributed by atoms with E-state index < -0.39 is 15.7 Å². The quantitative estimate of drug-likeness (QED) is 0.551. The fourth-order valence-electron chi connectivity index (χ4n) is 5.34. The number of fused-ring (bicyclic) bond motifs is 1. The predicted octanol–water partition coefficient (Wildman–Crippen LogP) is 4.31. The van der Waals surface area contributed by atoms with E-state index in [1.54, 1.807) is 33.8 Å². The Kier molecular flexibility index (Phi) is 5.91. The van der Waals surface area contributed by atoms with Gasteiger partial charge in [-0.15, -0.1) is 0 Å². The van der Waals surface area contributed by atoms with Crippen LogP contribution in [-0.2, 0) is 9.84 Å². The highest BCUT2D eigenvalue weighted by Gasteiger charge is 2.33. The van der Waals surface area contributed by atoms with Crippen molar-refractivity contribution in [3.05, 3.63) is 47.4 Å². The molecule has 0 spiro atoms.